The van der Waals surface area contributed by atoms with Crippen LogP contribution in [0.25, 0.3) is 0 Å². The first-order valence-corrected chi connectivity index (χ1v) is 7.47. The van der Waals surface area contributed by atoms with Gasteiger partial charge in [0.2, 0.25) is 0 Å². The van der Waals surface area contributed by atoms with Gasteiger partial charge in [-0.25, -0.2) is 9.78 Å². The molecule has 1 aliphatic rings. The van der Waals surface area contributed by atoms with Gasteiger partial charge in [-0.05, 0) is 30.4 Å². The lowest BCUT2D eigenvalue weighted by molar-refractivity contribution is 0.0600. The zero-order valence-electron chi connectivity index (χ0n) is 12.4. The summed E-state index contributed by atoms with van der Waals surface area (Å²) in [4.78, 5) is 15.7. The normalized spacial score (nSPS) is 22.3. The first-order valence-electron chi connectivity index (χ1n) is 7.47. The van der Waals surface area contributed by atoms with Gasteiger partial charge in [-0.15, -0.1) is 0 Å². The Morgan fingerprint density at radius 2 is 2.15 bits per heavy atom. The molecule has 110 valence electrons. The Kier molecular flexibility index (Phi) is 5.39. The third-order valence-corrected chi connectivity index (χ3v) is 4.18. The highest BCUT2D eigenvalue weighted by molar-refractivity contribution is 5.89. The zero-order chi connectivity index (χ0) is 14.4. The van der Waals surface area contributed by atoms with Crippen molar-refractivity contribution in [2.24, 2.45) is 11.8 Å². The fourth-order valence-electron chi connectivity index (χ4n) is 2.79. The maximum Gasteiger partial charge on any atom is 0.338 e. The predicted molar refractivity (Wildman–Crippen MR) is 79.8 cm³/mol. The molecular formula is C16H24N2O2. The van der Waals surface area contributed by atoms with Crippen LogP contribution in [0.2, 0.25) is 0 Å². The minimum absolute atomic E-state index is 0.322. The monoisotopic (exact) mass is 276 g/mol. The van der Waals surface area contributed by atoms with Crippen molar-refractivity contribution < 1.29 is 9.53 Å². The lowest BCUT2D eigenvalue weighted by Crippen LogP contribution is -2.16. The number of pyridine rings is 1. The molecule has 1 saturated carbocycles. The average molecular weight is 276 g/mol. The number of carbonyl (C=O) groups excluding carboxylic acids is 1. The van der Waals surface area contributed by atoms with Crippen LogP contribution in [0, 0.1) is 11.8 Å². The SMILES string of the molecule is COC(=O)c1ccnc(NCCC2CCC(C)CC2)c1. The molecule has 1 aliphatic carbocycles. The van der Waals surface area contributed by atoms with E-state index >= 15 is 0 Å². The molecule has 0 radical (unpaired) electrons. The van der Waals surface area contributed by atoms with E-state index in [2.05, 4.69) is 17.2 Å². The average Bonchev–Trinajstić information content (AvgIpc) is 2.49. The second-order valence-corrected chi connectivity index (χ2v) is 5.76. The molecule has 0 aliphatic heterocycles. The van der Waals surface area contributed by atoms with E-state index in [0.717, 1.165) is 24.2 Å². The molecular weight excluding hydrogens is 252 g/mol. The number of hydrogen-bond acceptors (Lipinski definition) is 4. The molecule has 0 aromatic carbocycles. The third-order valence-electron chi connectivity index (χ3n) is 4.18. The van der Waals surface area contributed by atoms with E-state index < -0.39 is 0 Å². The highest BCUT2D eigenvalue weighted by atomic mass is 16.5. The third kappa shape index (κ3) is 4.22. The van der Waals surface area contributed by atoms with Gasteiger partial charge in [-0.2, -0.15) is 0 Å². The number of carbonyl (C=O) groups is 1. The molecule has 1 heterocycles. The summed E-state index contributed by atoms with van der Waals surface area (Å²) >= 11 is 0. The van der Waals surface area contributed by atoms with Crippen LogP contribution >= 0.6 is 0 Å². The summed E-state index contributed by atoms with van der Waals surface area (Å²) in [6.07, 6.45) is 8.23. The quantitative estimate of drug-likeness (QED) is 0.836. The Morgan fingerprint density at radius 3 is 2.85 bits per heavy atom. The molecule has 1 N–H and O–H groups in total. The Balaban J connectivity index is 1.78. The Labute approximate surface area is 120 Å². The van der Waals surface area contributed by atoms with Crippen molar-refractivity contribution in [3.63, 3.8) is 0 Å². The number of methoxy groups -OCH3 is 1. The molecule has 0 unspecified atom stereocenters. The van der Waals surface area contributed by atoms with Crippen molar-refractivity contribution in [1.82, 2.24) is 4.98 Å². The first kappa shape index (κ1) is 14.8. The first-order chi connectivity index (χ1) is 9.69. The summed E-state index contributed by atoms with van der Waals surface area (Å²) in [6.45, 7) is 3.26. The van der Waals surface area contributed by atoms with E-state index in [0.29, 0.717) is 5.56 Å². The predicted octanol–water partition coefficient (Wildman–Crippen LogP) is 3.50. The van der Waals surface area contributed by atoms with Crippen LogP contribution in [0.1, 0.15) is 49.4 Å². The minimum atomic E-state index is -0.322. The van der Waals surface area contributed by atoms with Gasteiger partial charge in [0.25, 0.3) is 0 Å². The lowest BCUT2D eigenvalue weighted by Gasteiger charge is -2.26. The van der Waals surface area contributed by atoms with E-state index in [1.807, 2.05) is 0 Å². The van der Waals surface area contributed by atoms with E-state index in [-0.39, 0.29) is 5.97 Å². The van der Waals surface area contributed by atoms with Crippen LogP contribution in [0.15, 0.2) is 18.3 Å². The van der Waals surface area contributed by atoms with Crippen LogP contribution in [0.3, 0.4) is 0 Å². The summed E-state index contributed by atoms with van der Waals surface area (Å²) in [5.41, 5.74) is 0.538. The van der Waals surface area contributed by atoms with Crippen LogP contribution in [-0.4, -0.2) is 24.6 Å². The molecule has 2 rings (SSSR count). The summed E-state index contributed by atoms with van der Waals surface area (Å²) in [5.74, 6) is 2.16. The van der Waals surface area contributed by atoms with Crippen molar-refractivity contribution in [2.45, 2.75) is 39.0 Å². The molecule has 1 aromatic rings. The molecule has 0 spiro atoms. The molecule has 0 amide bonds. The standard InChI is InChI=1S/C16H24N2O2/c1-12-3-5-13(6-4-12)7-9-17-15-11-14(8-10-18-15)16(19)20-2/h8,10-13H,3-7,9H2,1-2H3,(H,17,18). The van der Waals surface area contributed by atoms with Gasteiger partial charge >= 0.3 is 5.97 Å². The van der Waals surface area contributed by atoms with Gasteiger partial charge in [0.1, 0.15) is 5.82 Å². The maximum atomic E-state index is 11.4. The summed E-state index contributed by atoms with van der Waals surface area (Å²) in [6, 6.07) is 3.41. The van der Waals surface area contributed by atoms with Gasteiger partial charge in [-0.3, -0.25) is 0 Å². The lowest BCUT2D eigenvalue weighted by atomic mass is 9.81. The second-order valence-electron chi connectivity index (χ2n) is 5.76. The van der Waals surface area contributed by atoms with Gasteiger partial charge in [-0.1, -0.05) is 32.6 Å². The minimum Gasteiger partial charge on any atom is -0.465 e. The van der Waals surface area contributed by atoms with Crippen molar-refractivity contribution in [3.05, 3.63) is 23.9 Å². The fraction of sp³-hybridized carbons (Fsp3) is 0.625. The summed E-state index contributed by atoms with van der Waals surface area (Å²) in [5, 5.41) is 3.30. The molecule has 1 fully saturated rings. The van der Waals surface area contributed by atoms with Crippen molar-refractivity contribution in [3.8, 4) is 0 Å². The number of aromatic nitrogens is 1. The summed E-state index contributed by atoms with van der Waals surface area (Å²) < 4.78 is 4.71. The molecule has 0 atom stereocenters. The highest BCUT2D eigenvalue weighted by Crippen LogP contribution is 2.30. The van der Waals surface area contributed by atoms with E-state index in [9.17, 15) is 4.79 Å². The van der Waals surface area contributed by atoms with Gasteiger partial charge in [0.15, 0.2) is 0 Å². The van der Waals surface area contributed by atoms with Crippen LogP contribution in [0.4, 0.5) is 5.82 Å². The number of ether oxygens (including phenoxy) is 1. The number of nitrogens with one attached hydrogen (secondary N) is 1. The molecule has 4 heteroatoms. The number of esters is 1. The molecule has 20 heavy (non-hydrogen) atoms. The van der Waals surface area contributed by atoms with Gasteiger partial charge < -0.3 is 10.1 Å². The van der Waals surface area contributed by atoms with E-state index in [1.165, 1.54) is 39.2 Å². The highest BCUT2D eigenvalue weighted by Gasteiger charge is 2.17. The Morgan fingerprint density at radius 1 is 1.40 bits per heavy atom. The van der Waals surface area contributed by atoms with E-state index in [4.69, 9.17) is 4.74 Å². The van der Waals surface area contributed by atoms with Gasteiger partial charge in [0, 0.05) is 12.7 Å². The maximum absolute atomic E-state index is 11.4. The summed E-state index contributed by atoms with van der Waals surface area (Å²) in [7, 11) is 1.39. The molecule has 0 saturated heterocycles. The van der Waals surface area contributed by atoms with Crippen LogP contribution < -0.4 is 5.32 Å². The zero-order valence-corrected chi connectivity index (χ0v) is 12.4. The molecule has 4 nitrogen and oxygen atoms in total. The van der Waals surface area contributed by atoms with Crippen molar-refractivity contribution >= 4 is 11.8 Å². The van der Waals surface area contributed by atoms with Gasteiger partial charge in [0.05, 0.1) is 12.7 Å². The molecule has 1 aromatic heterocycles. The van der Waals surface area contributed by atoms with Crippen molar-refractivity contribution in [2.75, 3.05) is 19.0 Å². The van der Waals surface area contributed by atoms with E-state index in [1.54, 1.807) is 18.3 Å². The van der Waals surface area contributed by atoms with Crippen LogP contribution in [0.5, 0.6) is 0 Å². The Hall–Kier alpha value is -1.58. The smallest absolute Gasteiger partial charge is 0.338 e. The number of nitrogens with zero attached hydrogens (tertiary/aromatic N) is 1. The largest absolute Gasteiger partial charge is 0.465 e. The molecule has 0 bridgehead atoms. The number of rotatable bonds is 5. The van der Waals surface area contributed by atoms with Crippen LogP contribution in [-0.2, 0) is 4.74 Å². The fourth-order valence-corrected chi connectivity index (χ4v) is 2.79. The topological polar surface area (TPSA) is 51.2 Å². The van der Waals surface area contributed by atoms with Crippen molar-refractivity contribution in [1.29, 1.82) is 0 Å². The number of anilines is 1. The Bertz CT molecular complexity index is 440. The second kappa shape index (κ2) is 7.27. The number of hydrogen-bond donors (Lipinski definition) is 1.